The Balaban J connectivity index is 1.92. The number of aryl methyl sites for hydroxylation is 1. The molecule has 3 heteroatoms. The summed E-state index contributed by atoms with van der Waals surface area (Å²) in [5.41, 5.74) is 1.63. The van der Waals surface area contributed by atoms with Crippen molar-refractivity contribution in [3.05, 3.63) is 29.9 Å². The average molecular weight is 233 g/mol. The van der Waals surface area contributed by atoms with Crippen molar-refractivity contribution in [2.24, 2.45) is 7.05 Å². The average Bonchev–Trinajstić information content (AvgIpc) is 2.75. The van der Waals surface area contributed by atoms with E-state index in [1.165, 1.54) is 37.9 Å². The normalized spacial score (nSPS) is 17.9. The van der Waals surface area contributed by atoms with Crippen LogP contribution in [0.3, 0.4) is 0 Å². The van der Waals surface area contributed by atoms with Crippen molar-refractivity contribution < 1.29 is 0 Å². The Bertz CT molecular complexity index is 379. The molecule has 3 nitrogen and oxygen atoms in total. The van der Waals surface area contributed by atoms with Crippen LogP contribution in [-0.2, 0) is 13.5 Å². The molecule has 2 rings (SSSR count). The molecular formula is C14H23N3. The molecule has 0 aromatic carbocycles. The number of nitrogens with zero attached hydrogens (tertiary/aromatic N) is 2. The standard InChI is InChI=1S/C14H23N3/c1-15-13(10-12-6-4-3-5-7-12)11-14-16-8-9-17(14)2/h6,8-9,13,15H,3-5,7,10-11H2,1-2H3. The first-order valence-corrected chi connectivity index (χ1v) is 6.61. The van der Waals surface area contributed by atoms with Gasteiger partial charge in [-0.2, -0.15) is 0 Å². The van der Waals surface area contributed by atoms with Gasteiger partial charge in [-0.15, -0.1) is 0 Å². The molecule has 0 saturated carbocycles. The van der Waals surface area contributed by atoms with Gasteiger partial charge in [-0.05, 0) is 39.2 Å². The summed E-state index contributed by atoms with van der Waals surface area (Å²) in [4.78, 5) is 4.40. The van der Waals surface area contributed by atoms with Crippen molar-refractivity contribution in [3.63, 3.8) is 0 Å². The maximum absolute atomic E-state index is 4.40. The zero-order valence-corrected chi connectivity index (χ0v) is 10.9. The van der Waals surface area contributed by atoms with E-state index < -0.39 is 0 Å². The highest BCUT2D eigenvalue weighted by Crippen LogP contribution is 2.22. The molecule has 1 N–H and O–H groups in total. The maximum Gasteiger partial charge on any atom is 0.109 e. The van der Waals surface area contributed by atoms with Gasteiger partial charge in [-0.1, -0.05) is 11.6 Å². The molecule has 1 unspecified atom stereocenters. The summed E-state index contributed by atoms with van der Waals surface area (Å²) in [6.45, 7) is 0. The summed E-state index contributed by atoms with van der Waals surface area (Å²) < 4.78 is 2.11. The topological polar surface area (TPSA) is 29.9 Å². The largest absolute Gasteiger partial charge is 0.338 e. The number of hydrogen-bond donors (Lipinski definition) is 1. The van der Waals surface area contributed by atoms with E-state index in [9.17, 15) is 0 Å². The molecule has 0 amide bonds. The highest BCUT2D eigenvalue weighted by Gasteiger charge is 2.13. The van der Waals surface area contributed by atoms with Gasteiger partial charge < -0.3 is 9.88 Å². The second-order valence-corrected chi connectivity index (χ2v) is 4.96. The molecule has 1 aromatic heterocycles. The summed E-state index contributed by atoms with van der Waals surface area (Å²) in [6, 6.07) is 0.514. The predicted molar refractivity (Wildman–Crippen MR) is 70.9 cm³/mol. The van der Waals surface area contributed by atoms with E-state index in [-0.39, 0.29) is 0 Å². The summed E-state index contributed by atoms with van der Waals surface area (Å²) >= 11 is 0. The molecule has 0 fully saturated rings. The Morgan fingerprint density at radius 2 is 2.29 bits per heavy atom. The smallest absolute Gasteiger partial charge is 0.109 e. The number of imidazole rings is 1. The van der Waals surface area contributed by atoms with Gasteiger partial charge >= 0.3 is 0 Å². The molecule has 0 radical (unpaired) electrons. The van der Waals surface area contributed by atoms with Gasteiger partial charge in [0.15, 0.2) is 0 Å². The minimum Gasteiger partial charge on any atom is -0.338 e. The van der Waals surface area contributed by atoms with E-state index in [1.807, 2.05) is 12.4 Å². The van der Waals surface area contributed by atoms with Gasteiger partial charge in [0, 0.05) is 31.9 Å². The Morgan fingerprint density at radius 1 is 1.41 bits per heavy atom. The monoisotopic (exact) mass is 233 g/mol. The lowest BCUT2D eigenvalue weighted by Crippen LogP contribution is -2.29. The zero-order valence-electron chi connectivity index (χ0n) is 10.9. The van der Waals surface area contributed by atoms with Crippen LogP contribution < -0.4 is 5.32 Å². The third-order valence-electron chi connectivity index (χ3n) is 3.65. The van der Waals surface area contributed by atoms with Crippen LogP contribution in [0.1, 0.15) is 37.9 Å². The van der Waals surface area contributed by atoms with Crippen molar-refractivity contribution in [1.82, 2.24) is 14.9 Å². The van der Waals surface area contributed by atoms with Crippen LogP contribution in [-0.4, -0.2) is 22.6 Å². The SMILES string of the molecule is CNC(CC1=CCCCC1)Cc1nccn1C. The molecule has 0 aliphatic heterocycles. The number of aromatic nitrogens is 2. The van der Waals surface area contributed by atoms with E-state index in [2.05, 4.69) is 35.0 Å². The van der Waals surface area contributed by atoms with Crippen LogP contribution in [0.2, 0.25) is 0 Å². The minimum absolute atomic E-state index is 0.514. The van der Waals surface area contributed by atoms with Gasteiger partial charge in [0.05, 0.1) is 0 Å². The fourth-order valence-electron chi connectivity index (χ4n) is 2.50. The Morgan fingerprint density at radius 3 is 2.88 bits per heavy atom. The van der Waals surface area contributed by atoms with E-state index in [0.29, 0.717) is 6.04 Å². The second-order valence-electron chi connectivity index (χ2n) is 4.96. The molecular weight excluding hydrogens is 210 g/mol. The Hall–Kier alpha value is -1.09. The summed E-state index contributed by atoms with van der Waals surface area (Å²) in [6.07, 6.45) is 13.8. The lowest BCUT2D eigenvalue weighted by molar-refractivity contribution is 0.515. The second kappa shape index (κ2) is 6.01. The lowest BCUT2D eigenvalue weighted by Gasteiger charge is -2.20. The van der Waals surface area contributed by atoms with E-state index >= 15 is 0 Å². The van der Waals surface area contributed by atoms with E-state index in [0.717, 1.165) is 6.42 Å². The number of rotatable bonds is 5. The third kappa shape index (κ3) is 3.43. The van der Waals surface area contributed by atoms with Crippen molar-refractivity contribution in [3.8, 4) is 0 Å². The Labute approximate surface area is 104 Å². The van der Waals surface area contributed by atoms with Crippen molar-refractivity contribution in [2.45, 2.75) is 44.6 Å². The number of allylic oxidation sites excluding steroid dienone is 1. The summed E-state index contributed by atoms with van der Waals surface area (Å²) in [7, 11) is 4.12. The predicted octanol–water partition coefficient (Wildman–Crippen LogP) is 2.44. The molecule has 1 atom stereocenters. The fourth-order valence-corrected chi connectivity index (χ4v) is 2.50. The van der Waals surface area contributed by atoms with Crippen molar-refractivity contribution >= 4 is 0 Å². The molecule has 0 saturated heterocycles. The summed E-state index contributed by atoms with van der Waals surface area (Å²) in [5, 5.41) is 3.42. The maximum atomic E-state index is 4.40. The first-order valence-electron chi connectivity index (χ1n) is 6.61. The first kappa shape index (κ1) is 12.4. The highest BCUT2D eigenvalue weighted by molar-refractivity contribution is 5.08. The molecule has 94 valence electrons. The van der Waals surface area contributed by atoms with Crippen LogP contribution in [0.4, 0.5) is 0 Å². The zero-order chi connectivity index (χ0) is 12.1. The van der Waals surface area contributed by atoms with E-state index in [1.54, 1.807) is 5.57 Å². The number of nitrogens with one attached hydrogen (secondary N) is 1. The molecule has 1 heterocycles. The number of hydrogen-bond acceptors (Lipinski definition) is 2. The number of likely N-dealkylation sites (N-methyl/N-ethyl adjacent to an activating group) is 1. The van der Waals surface area contributed by atoms with Gasteiger partial charge in [0.1, 0.15) is 5.82 Å². The van der Waals surface area contributed by atoms with E-state index in [4.69, 9.17) is 0 Å². The molecule has 1 aromatic rings. The van der Waals surface area contributed by atoms with Crippen LogP contribution in [0.15, 0.2) is 24.0 Å². The molecule has 17 heavy (non-hydrogen) atoms. The van der Waals surface area contributed by atoms with Crippen molar-refractivity contribution in [2.75, 3.05) is 7.05 Å². The lowest BCUT2D eigenvalue weighted by atomic mass is 9.93. The fraction of sp³-hybridized carbons (Fsp3) is 0.643. The molecule has 0 bridgehead atoms. The molecule has 1 aliphatic rings. The van der Waals surface area contributed by atoms with Crippen LogP contribution in [0.25, 0.3) is 0 Å². The Kier molecular flexibility index (Phi) is 4.37. The van der Waals surface area contributed by atoms with Crippen LogP contribution in [0.5, 0.6) is 0 Å². The van der Waals surface area contributed by atoms with Gasteiger partial charge in [-0.3, -0.25) is 0 Å². The molecule has 0 spiro atoms. The van der Waals surface area contributed by atoms with Crippen LogP contribution >= 0.6 is 0 Å². The highest BCUT2D eigenvalue weighted by atomic mass is 15.0. The van der Waals surface area contributed by atoms with Gasteiger partial charge in [0.25, 0.3) is 0 Å². The third-order valence-corrected chi connectivity index (χ3v) is 3.65. The quantitative estimate of drug-likeness (QED) is 0.792. The van der Waals surface area contributed by atoms with Gasteiger partial charge in [0.2, 0.25) is 0 Å². The summed E-state index contributed by atoms with van der Waals surface area (Å²) in [5.74, 6) is 1.17. The molecule has 1 aliphatic carbocycles. The van der Waals surface area contributed by atoms with Crippen LogP contribution in [0, 0.1) is 0 Å². The first-order chi connectivity index (χ1) is 8.29. The minimum atomic E-state index is 0.514. The van der Waals surface area contributed by atoms with Gasteiger partial charge in [-0.25, -0.2) is 4.98 Å². The van der Waals surface area contributed by atoms with Crippen molar-refractivity contribution in [1.29, 1.82) is 0 Å².